The maximum Gasteiger partial charge on any atom is 0.242 e. The summed E-state index contributed by atoms with van der Waals surface area (Å²) in [6.07, 6.45) is 3.91. The number of hydrogen-bond donors (Lipinski definition) is 1. The lowest BCUT2D eigenvalue weighted by atomic mass is 10.4. The largest absolute Gasteiger partial charge is 0.346 e. The first-order valence-corrected chi connectivity index (χ1v) is 7.75. The molecule has 4 nitrogen and oxygen atoms in total. The van der Waals surface area contributed by atoms with Crippen LogP contribution in [0.2, 0.25) is 0 Å². The highest BCUT2D eigenvalue weighted by Crippen LogP contribution is 2.37. The minimum atomic E-state index is -3.41. The molecule has 0 bridgehead atoms. The molecule has 17 heavy (non-hydrogen) atoms. The van der Waals surface area contributed by atoms with E-state index in [1.807, 2.05) is 4.57 Å². The van der Waals surface area contributed by atoms with Gasteiger partial charge < -0.3 is 4.57 Å². The minimum Gasteiger partial charge on any atom is -0.346 e. The Labute approximate surface area is 107 Å². The van der Waals surface area contributed by atoms with Crippen molar-refractivity contribution in [2.24, 2.45) is 0 Å². The molecular formula is C11H17ClN2O2S. The summed E-state index contributed by atoms with van der Waals surface area (Å²) >= 11 is 5.84. The fourth-order valence-electron chi connectivity index (χ4n) is 1.82. The molecule has 1 saturated carbocycles. The predicted molar refractivity (Wildman–Crippen MR) is 67.7 cm³/mol. The third-order valence-corrected chi connectivity index (χ3v) is 4.58. The third-order valence-electron chi connectivity index (χ3n) is 2.69. The average molecular weight is 277 g/mol. The average Bonchev–Trinajstić information content (AvgIpc) is 2.95. The van der Waals surface area contributed by atoms with Gasteiger partial charge in [-0.05, 0) is 32.8 Å². The van der Waals surface area contributed by atoms with Gasteiger partial charge in [-0.25, -0.2) is 13.1 Å². The predicted octanol–water partition coefficient (Wildman–Crippen LogP) is 2.25. The van der Waals surface area contributed by atoms with Crippen LogP contribution in [0.5, 0.6) is 0 Å². The van der Waals surface area contributed by atoms with E-state index in [0.29, 0.717) is 16.8 Å². The van der Waals surface area contributed by atoms with Crippen molar-refractivity contribution in [2.45, 2.75) is 49.5 Å². The van der Waals surface area contributed by atoms with E-state index in [1.54, 1.807) is 26.1 Å². The molecule has 6 heteroatoms. The summed E-state index contributed by atoms with van der Waals surface area (Å²) in [6.45, 7) is 3.61. The number of hydrogen-bond acceptors (Lipinski definition) is 2. The summed E-state index contributed by atoms with van der Waals surface area (Å²) in [5.41, 5.74) is 0.873. The normalized spacial score (nSPS) is 16.7. The lowest BCUT2D eigenvalue weighted by Crippen LogP contribution is -2.29. The van der Waals surface area contributed by atoms with Crippen molar-refractivity contribution in [1.82, 2.24) is 9.29 Å². The van der Waals surface area contributed by atoms with E-state index in [1.165, 1.54) is 0 Å². The van der Waals surface area contributed by atoms with Crippen LogP contribution >= 0.6 is 11.6 Å². The molecule has 0 spiro atoms. The molecule has 1 aliphatic rings. The summed E-state index contributed by atoms with van der Waals surface area (Å²) in [7, 11) is -3.41. The Morgan fingerprint density at radius 2 is 2.18 bits per heavy atom. The van der Waals surface area contributed by atoms with Crippen LogP contribution in [0.1, 0.15) is 38.4 Å². The van der Waals surface area contributed by atoms with Gasteiger partial charge in [-0.2, -0.15) is 0 Å². The maximum atomic E-state index is 12.0. The number of nitrogens with one attached hydrogen (secondary N) is 1. The lowest BCUT2D eigenvalue weighted by molar-refractivity contribution is 0.569. The molecule has 0 unspecified atom stereocenters. The topological polar surface area (TPSA) is 51.1 Å². The van der Waals surface area contributed by atoms with Crippen molar-refractivity contribution >= 4 is 21.6 Å². The van der Waals surface area contributed by atoms with Gasteiger partial charge >= 0.3 is 0 Å². The van der Waals surface area contributed by atoms with Crippen molar-refractivity contribution in [3.05, 3.63) is 18.0 Å². The highest BCUT2D eigenvalue weighted by Gasteiger charge is 2.28. The molecule has 1 N–H and O–H groups in total. The van der Waals surface area contributed by atoms with Gasteiger partial charge in [0.1, 0.15) is 0 Å². The highest BCUT2D eigenvalue weighted by molar-refractivity contribution is 7.89. The maximum absolute atomic E-state index is 12.0. The molecule has 0 amide bonds. The molecule has 1 heterocycles. The van der Waals surface area contributed by atoms with Crippen molar-refractivity contribution < 1.29 is 8.42 Å². The quantitative estimate of drug-likeness (QED) is 0.839. The fraction of sp³-hybridized carbons (Fsp3) is 0.636. The van der Waals surface area contributed by atoms with Gasteiger partial charge in [0.05, 0.1) is 10.8 Å². The first-order valence-electron chi connectivity index (χ1n) is 5.73. The van der Waals surface area contributed by atoms with Crippen LogP contribution in [0.3, 0.4) is 0 Å². The van der Waals surface area contributed by atoms with Crippen LogP contribution in [0.15, 0.2) is 17.2 Å². The monoisotopic (exact) mass is 276 g/mol. The van der Waals surface area contributed by atoms with Gasteiger partial charge in [-0.15, -0.1) is 11.6 Å². The van der Waals surface area contributed by atoms with Crippen LogP contribution in [-0.4, -0.2) is 19.0 Å². The third kappa shape index (κ3) is 2.84. The van der Waals surface area contributed by atoms with Gasteiger partial charge in [0.15, 0.2) is 0 Å². The number of aromatic nitrogens is 1. The summed E-state index contributed by atoms with van der Waals surface area (Å²) < 4.78 is 28.6. The standard InChI is InChI=1S/C11H17ClN2O2S/c1-8(2)13-17(15,16)11-5-10(6-12)14(7-11)9-3-4-9/h5,7-9,13H,3-4,6H2,1-2H3. The van der Waals surface area contributed by atoms with E-state index >= 15 is 0 Å². The van der Waals surface area contributed by atoms with E-state index < -0.39 is 10.0 Å². The fourth-order valence-corrected chi connectivity index (χ4v) is 3.34. The molecule has 0 radical (unpaired) electrons. The molecule has 1 aromatic heterocycles. The van der Waals surface area contributed by atoms with Gasteiger partial charge in [0.25, 0.3) is 0 Å². The lowest BCUT2D eigenvalue weighted by Gasteiger charge is -2.07. The Kier molecular flexibility index (Phi) is 3.52. The smallest absolute Gasteiger partial charge is 0.242 e. The molecule has 1 aliphatic carbocycles. The molecule has 0 aliphatic heterocycles. The SMILES string of the molecule is CC(C)NS(=O)(=O)c1cc(CCl)n(C2CC2)c1. The summed E-state index contributed by atoms with van der Waals surface area (Å²) in [6, 6.07) is 1.99. The second-order valence-electron chi connectivity index (χ2n) is 4.72. The Morgan fingerprint density at radius 3 is 2.65 bits per heavy atom. The number of rotatable bonds is 5. The van der Waals surface area contributed by atoms with Crippen molar-refractivity contribution in [1.29, 1.82) is 0 Å². The Hall–Kier alpha value is -0.520. The van der Waals surface area contributed by atoms with E-state index in [2.05, 4.69) is 4.72 Å². The zero-order chi connectivity index (χ0) is 12.6. The minimum absolute atomic E-state index is 0.108. The number of nitrogens with zero attached hydrogens (tertiary/aromatic N) is 1. The summed E-state index contributed by atoms with van der Waals surface area (Å²) in [4.78, 5) is 0.314. The van der Waals surface area contributed by atoms with Gasteiger partial charge in [-0.1, -0.05) is 0 Å². The summed E-state index contributed by atoms with van der Waals surface area (Å²) in [5, 5.41) is 0. The van der Waals surface area contributed by atoms with Gasteiger partial charge in [-0.3, -0.25) is 0 Å². The number of halogens is 1. The molecule has 96 valence electrons. The van der Waals surface area contributed by atoms with E-state index in [4.69, 9.17) is 11.6 Å². The van der Waals surface area contributed by atoms with Crippen LogP contribution < -0.4 is 4.72 Å². The van der Waals surface area contributed by atoms with Crippen LogP contribution in [0.4, 0.5) is 0 Å². The van der Waals surface area contributed by atoms with Gasteiger partial charge in [0, 0.05) is 24.0 Å². The highest BCUT2D eigenvalue weighted by atomic mass is 35.5. The Balaban J connectivity index is 2.32. The Morgan fingerprint density at radius 1 is 1.53 bits per heavy atom. The number of sulfonamides is 1. The summed E-state index contributed by atoms with van der Waals surface area (Å²) in [5.74, 6) is 0.341. The zero-order valence-corrected chi connectivity index (χ0v) is 11.6. The van der Waals surface area contributed by atoms with Crippen LogP contribution in [0, 0.1) is 0 Å². The molecule has 2 rings (SSSR count). The van der Waals surface area contributed by atoms with Gasteiger partial charge in [0.2, 0.25) is 10.0 Å². The molecule has 0 atom stereocenters. The molecule has 1 fully saturated rings. The van der Waals surface area contributed by atoms with Crippen LogP contribution in [-0.2, 0) is 15.9 Å². The second-order valence-corrected chi connectivity index (χ2v) is 6.70. The van der Waals surface area contributed by atoms with E-state index in [9.17, 15) is 8.42 Å². The van der Waals surface area contributed by atoms with Crippen molar-refractivity contribution in [3.8, 4) is 0 Å². The molecule has 1 aromatic rings. The second kappa shape index (κ2) is 4.63. The van der Waals surface area contributed by atoms with Crippen molar-refractivity contribution in [2.75, 3.05) is 0 Å². The zero-order valence-electron chi connectivity index (χ0n) is 9.98. The molecular weight excluding hydrogens is 260 g/mol. The van der Waals surface area contributed by atoms with Crippen molar-refractivity contribution in [3.63, 3.8) is 0 Å². The first-order chi connectivity index (χ1) is 7.94. The van der Waals surface area contributed by atoms with E-state index in [-0.39, 0.29) is 6.04 Å². The number of alkyl halides is 1. The first kappa shape index (κ1) is 12.9. The van der Waals surface area contributed by atoms with E-state index in [0.717, 1.165) is 18.5 Å². The molecule has 0 aromatic carbocycles. The Bertz CT molecular complexity index is 504. The molecule has 0 saturated heterocycles. The van der Waals surface area contributed by atoms with Crippen LogP contribution in [0.25, 0.3) is 0 Å².